The summed E-state index contributed by atoms with van der Waals surface area (Å²) in [6, 6.07) is 9.63. The molecule has 27 heavy (non-hydrogen) atoms. The van der Waals surface area contributed by atoms with E-state index in [1.807, 2.05) is 30.3 Å². The molecule has 3 aliphatic rings. The van der Waals surface area contributed by atoms with Gasteiger partial charge >= 0.3 is 0 Å². The molecule has 3 fully saturated rings. The highest BCUT2D eigenvalue weighted by Crippen LogP contribution is 2.45. The third-order valence-electron chi connectivity index (χ3n) is 5.70. The zero-order valence-electron chi connectivity index (χ0n) is 15.9. The molecule has 3 heterocycles. The summed E-state index contributed by atoms with van der Waals surface area (Å²) in [5.74, 6) is -2.43. The van der Waals surface area contributed by atoms with E-state index in [-0.39, 0.29) is 6.61 Å². The molecule has 2 unspecified atom stereocenters. The molecule has 1 aromatic rings. The standard InChI is InChI=1S/C19H26O8/c1-18(21-3)19(2,22-4)27-15-14(26-18)13-12(24-16(15)20)10-23-17(25-13)11-8-6-5-7-9-11/h5-9,12-17,20H,10H2,1-4H3/t12-,13-,14+,15-,16?,17?,18-,19-/m1/s1. The highest BCUT2D eigenvalue weighted by atomic mass is 16.8. The maximum absolute atomic E-state index is 10.5. The molecular formula is C19H26O8. The molecule has 0 radical (unpaired) electrons. The molecule has 0 aromatic heterocycles. The molecule has 8 nitrogen and oxygen atoms in total. The molecular weight excluding hydrogens is 356 g/mol. The third kappa shape index (κ3) is 3.10. The average Bonchev–Trinajstić information content (AvgIpc) is 2.70. The highest BCUT2D eigenvalue weighted by molar-refractivity contribution is 5.17. The van der Waals surface area contributed by atoms with Crippen molar-refractivity contribution in [2.45, 2.75) is 62.4 Å². The van der Waals surface area contributed by atoms with Crippen LogP contribution in [0.25, 0.3) is 0 Å². The zero-order valence-corrected chi connectivity index (χ0v) is 15.9. The van der Waals surface area contributed by atoms with E-state index in [1.54, 1.807) is 13.8 Å². The lowest BCUT2D eigenvalue weighted by molar-refractivity contribution is -0.492. The van der Waals surface area contributed by atoms with Crippen LogP contribution in [0, 0.1) is 0 Å². The maximum atomic E-state index is 10.5. The van der Waals surface area contributed by atoms with Crippen LogP contribution in [0.15, 0.2) is 30.3 Å². The first-order valence-corrected chi connectivity index (χ1v) is 9.02. The molecule has 1 aromatic carbocycles. The first-order chi connectivity index (χ1) is 12.9. The van der Waals surface area contributed by atoms with E-state index in [9.17, 15) is 5.11 Å². The number of hydrogen-bond donors (Lipinski definition) is 1. The highest BCUT2D eigenvalue weighted by Gasteiger charge is 2.63. The lowest BCUT2D eigenvalue weighted by atomic mass is 9.93. The second kappa shape index (κ2) is 7.06. The maximum Gasteiger partial charge on any atom is 0.220 e. The van der Waals surface area contributed by atoms with Crippen molar-refractivity contribution in [3.63, 3.8) is 0 Å². The Balaban J connectivity index is 1.61. The van der Waals surface area contributed by atoms with Crippen molar-refractivity contribution in [1.82, 2.24) is 0 Å². The number of ether oxygens (including phenoxy) is 7. The van der Waals surface area contributed by atoms with Gasteiger partial charge in [0.15, 0.2) is 12.6 Å². The molecule has 0 amide bonds. The average molecular weight is 382 g/mol. The summed E-state index contributed by atoms with van der Waals surface area (Å²) in [6.45, 7) is 3.69. The van der Waals surface area contributed by atoms with Gasteiger partial charge in [0.2, 0.25) is 11.6 Å². The Labute approximate surface area is 158 Å². The van der Waals surface area contributed by atoms with E-state index in [0.29, 0.717) is 0 Å². The monoisotopic (exact) mass is 382 g/mol. The van der Waals surface area contributed by atoms with Crippen LogP contribution in [-0.2, 0) is 33.2 Å². The van der Waals surface area contributed by atoms with Crippen molar-refractivity contribution < 1.29 is 38.3 Å². The van der Waals surface area contributed by atoms with Gasteiger partial charge in [-0.1, -0.05) is 30.3 Å². The predicted molar refractivity (Wildman–Crippen MR) is 91.5 cm³/mol. The molecule has 0 spiro atoms. The van der Waals surface area contributed by atoms with Gasteiger partial charge in [-0.25, -0.2) is 0 Å². The number of aliphatic hydroxyl groups is 1. The Morgan fingerprint density at radius 3 is 2.19 bits per heavy atom. The minimum Gasteiger partial charge on any atom is -0.366 e. The molecule has 1 N–H and O–H groups in total. The smallest absolute Gasteiger partial charge is 0.220 e. The van der Waals surface area contributed by atoms with Gasteiger partial charge < -0.3 is 38.3 Å². The summed E-state index contributed by atoms with van der Waals surface area (Å²) in [6.07, 6.45) is -4.17. The summed E-state index contributed by atoms with van der Waals surface area (Å²) in [5, 5.41) is 10.5. The van der Waals surface area contributed by atoms with Crippen molar-refractivity contribution >= 4 is 0 Å². The molecule has 0 saturated carbocycles. The topological polar surface area (TPSA) is 84.8 Å². The number of hydrogen-bond acceptors (Lipinski definition) is 8. The van der Waals surface area contributed by atoms with Crippen molar-refractivity contribution in [1.29, 1.82) is 0 Å². The van der Waals surface area contributed by atoms with E-state index >= 15 is 0 Å². The van der Waals surface area contributed by atoms with Gasteiger partial charge in [-0.3, -0.25) is 0 Å². The molecule has 3 saturated heterocycles. The molecule has 8 atom stereocenters. The SMILES string of the molecule is CO[C@]1(C)O[C@H]2[C@@H]3OC(c4ccccc4)OC[C@H]3OC(O)[C@@H]2O[C@@]1(C)OC. The van der Waals surface area contributed by atoms with E-state index in [4.69, 9.17) is 33.2 Å². The lowest BCUT2D eigenvalue weighted by Gasteiger charge is -2.57. The Kier molecular flexibility index (Phi) is 5.02. The molecule has 0 bridgehead atoms. The van der Waals surface area contributed by atoms with Crippen LogP contribution in [0.2, 0.25) is 0 Å². The summed E-state index contributed by atoms with van der Waals surface area (Å²) >= 11 is 0. The van der Waals surface area contributed by atoms with Crippen LogP contribution in [-0.4, -0.2) is 68.2 Å². The Morgan fingerprint density at radius 2 is 1.56 bits per heavy atom. The summed E-state index contributed by atoms with van der Waals surface area (Å²) < 4.78 is 41.1. The normalized spacial score (nSPS) is 47.1. The Morgan fingerprint density at radius 1 is 0.926 bits per heavy atom. The Hall–Kier alpha value is -1.10. The summed E-state index contributed by atoms with van der Waals surface area (Å²) in [5.41, 5.74) is 0.895. The van der Waals surface area contributed by atoms with Crippen molar-refractivity contribution in [3.8, 4) is 0 Å². The second-order valence-electron chi connectivity index (χ2n) is 7.21. The van der Waals surface area contributed by atoms with Crippen LogP contribution in [0.1, 0.15) is 25.7 Å². The minimum absolute atomic E-state index is 0.263. The zero-order chi connectivity index (χ0) is 19.2. The predicted octanol–water partition coefficient (Wildman–Crippen LogP) is 1.33. The van der Waals surface area contributed by atoms with Gasteiger partial charge in [-0.05, 0) is 13.8 Å². The van der Waals surface area contributed by atoms with Crippen LogP contribution in [0.4, 0.5) is 0 Å². The van der Waals surface area contributed by atoms with Gasteiger partial charge in [0, 0.05) is 19.8 Å². The summed E-state index contributed by atoms with van der Waals surface area (Å²) in [7, 11) is 3.02. The second-order valence-corrected chi connectivity index (χ2v) is 7.21. The quantitative estimate of drug-likeness (QED) is 0.838. The van der Waals surface area contributed by atoms with Crippen molar-refractivity contribution in [3.05, 3.63) is 35.9 Å². The largest absolute Gasteiger partial charge is 0.366 e. The number of rotatable bonds is 3. The fraction of sp³-hybridized carbons (Fsp3) is 0.684. The minimum atomic E-state index is -1.23. The molecule has 8 heteroatoms. The van der Waals surface area contributed by atoms with Gasteiger partial charge in [0.1, 0.15) is 24.4 Å². The first-order valence-electron chi connectivity index (χ1n) is 9.02. The van der Waals surface area contributed by atoms with E-state index in [0.717, 1.165) is 5.56 Å². The van der Waals surface area contributed by atoms with Gasteiger partial charge in [0.05, 0.1) is 6.61 Å². The van der Waals surface area contributed by atoms with Gasteiger partial charge in [0.25, 0.3) is 0 Å². The van der Waals surface area contributed by atoms with Crippen molar-refractivity contribution in [2.75, 3.05) is 20.8 Å². The Bertz CT molecular complexity index is 656. The van der Waals surface area contributed by atoms with Crippen LogP contribution in [0.5, 0.6) is 0 Å². The number of fused-ring (bicyclic) bond motifs is 3. The third-order valence-corrected chi connectivity index (χ3v) is 5.70. The fourth-order valence-corrected chi connectivity index (χ4v) is 3.80. The molecule has 4 rings (SSSR count). The first kappa shape index (κ1) is 19.2. The number of benzene rings is 1. The van der Waals surface area contributed by atoms with Crippen LogP contribution >= 0.6 is 0 Å². The van der Waals surface area contributed by atoms with Gasteiger partial charge in [-0.15, -0.1) is 0 Å². The van der Waals surface area contributed by atoms with E-state index in [1.165, 1.54) is 14.2 Å². The molecule has 150 valence electrons. The molecule has 3 aliphatic heterocycles. The van der Waals surface area contributed by atoms with Crippen LogP contribution < -0.4 is 0 Å². The number of aliphatic hydroxyl groups excluding tert-OH is 1. The summed E-state index contributed by atoms with van der Waals surface area (Å²) in [4.78, 5) is 0. The van der Waals surface area contributed by atoms with Crippen LogP contribution in [0.3, 0.4) is 0 Å². The van der Waals surface area contributed by atoms with Crippen molar-refractivity contribution in [2.24, 2.45) is 0 Å². The molecule has 0 aliphatic carbocycles. The number of methoxy groups -OCH3 is 2. The van der Waals surface area contributed by atoms with E-state index in [2.05, 4.69) is 0 Å². The van der Waals surface area contributed by atoms with E-state index < -0.39 is 48.6 Å². The fourth-order valence-electron chi connectivity index (χ4n) is 3.80. The van der Waals surface area contributed by atoms with Gasteiger partial charge in [-0.2, -0.15) is 0 Å². The lowest BCUT2D eigenvalue weighted by Crippen LogP contribution is -2.73.